The van der Waals surface area contributed by atoms with E-state index in [1.807, 2.05) is 0 Å². The van der Waals surface area contributed by atoms with Crippen molar-refractivity contribution in [1.29, 1.82) is 0 Å². The highest BCUT2D eigenvalue weighted by molar-refractivity contribution is 6.33. The second kappa shape index (κ2) is 4.93. The van der Waals surface area contributed by atoms with Crippen LogP contribution in [0, 0.1) is 0 Å². The molecule has 1 amide bonds. The van der Waals surface area contributed by atoms with Gasteiger partial charge in [0.05, 0.1) is 5.02 Å². The number of aromatic nitrogens is 1. The highest BCUT2D eigenvalue weighted by atomic mass is 35.5. The summed E-state index contributed by atoms with van der Waals surface area (Å²) >= 11 is 5.84. The Labute approximate surface area is 108 Å². The number of carbonyl (C=O) groups excluding carboxylic acids is 1. The molecule has 0 radical (unpaired) electrons. The first kappa shape index (κ1) is 12.2. The minimum atomic E-state index is -0.526. The van der Waals surface area contributed by atoms with Crippen molar-refractivity contribution < 1.29 is 15.0 Å². The normalized spacial score (nSPS) is 10.1. The van der Waals surface area contributed by atoms with E-state index in [-0.39, 0.29) is 22.9 Å². The Morgan fingerprint density at radius 3 is 2.50 bits per heavy atom. The minimum Gasteiger partial charge on any atom is -0.508 e. The molecular weight excluding hydrogens is 256 g/mol. The maximum Gasteiger partial charge on any atom is 0.257 e. The van der Waals surface area contributed by atoms with E-state index in [1.54, 1.807) is 12.1 Å². The fraction of sp³-hybridized carbons (Fsp3) is 0. The summed E-state index contributed by atoms with van der Waals surface area (Å²) in [5.41, 5.74) is 0.106. The summed E-state index contributed by atoms with van der Waals surface area (Å²) in [6.45, 7) is 0. The molecule has 0 aliphatic rings. The predicted molar refractivity (Wildman–Crippen MR) is 67.0 cm³/mol. The van der Waals surface area contributed by atoms with Crippen LogP contribution in [0.25, 0.3) is 0 Å². The molecule has 6 heteroatoms. The van der Waals surface area contributed by atoms with Crippen LogP contribution in [0.3, 0.4) is 0 Å². The monoisotopic (exact) mass is 264 g/mol. The number of halogens is 1. The predicted octanol–water partition coefficient (Wildman–Crippen LogP) is 2.40. The van der Waals surface area contributed by atoms with Gasteiger partial charge in [-0.05, 0) is 24.3 Å². The van der Waals surface area contributed by atoms with Crippen LogP contribution < -0.4 is 5.32 Å². The number of aromatic hydroxyl groups is 2. The Balaban J connectivity index is 2.25. The number of benzene rings is 1. The van der Waals surface area contributed by atoms with Crippen LogP contribution in [0.15, 0.2) is 36.5 Å². The molecule has 0 saturated heterocycles. The molecule has 2 rings (SSSR count). The Morgan fingerprint density at radius 2 is 1.89 bits per heavy atom. The Kier molecular flexibility index (Phi) is 3.34. The van der Waals surface area contributed by atoms with Crippen LogP contribution in [-0.4, -0.2) is 21.1 Å². The van der Waals surface area contributed by atoms with Crippen molar-refractivity contribution in [3.8, 4) is 11.5 Å². The van der Waals surface area contributed by atoms with Crippen LogP contribution in [0.1, 0.15) is 10.4 Å². The first-order valence-electron chi connectivity index (χ1n) is 5.01. The zero-order valence-corrected chi connectivity index (χ0v) is 9.85. The molecule has 3 N–H and O–H groups in total. The van der Waals surface area contributed by atoms with Crippen LogP contribution in [0.5, 0.6) is 11.5 Å². The Morgan fingerprint density at radius 1 is 1.22 bits per heavy atom. The molecule has 0 bridgehead atoms. The standard InChI is InChI=1S/C12H9ClN2O3/c13-10-2-1-3-14-11(10)15-12(18)7-4-8(16)6-9(17)5-7/h1-6,16-17H,(H,14,15,18). The molecular formula is C12H9ClN2O3. The molecule has 18 heavy (non-hydrogen) atoms. The number of pyridine rings is 1. The molecule has 0 aliphatic carbocycles. The number of rotatable bonds is 2. The number of hydrogen-bond donors (Lipinski definition) is 3. The molecule has 5 nitrogen and oxygen atoms in total. The average molecular weight is 265 g/mol. The number of phenols is 2. The van der Waals surface area contributed by atoms with E-state index in [9.17, 15) is 15.0 Å². The lowest BCUT2D eigenvalue weighted by atomic mass is 10.2. The third kappa shape index (κ3) is 2.70. The maximum atomic E-state index is 11.8. The van der Waals surface area contributed by atoms with Crippen molar-refractivity contribution >= 4 is 23.3 Å². The molecule has 1 aromatic carbocycles. The zero-order chi connectivity index (χ0) is 13.1. The van der Waals surface area contributed by atoms with Crippen molar-refractivity contribution in [3.05, 3.63) is 47.1 Å². The molecule has 0 fully saturated rings. The summed E-state index contributed by atoms with van der Waals surface area (Å²) in [7, 11) is 0. The lowest BCUT2D eigenvalue weighted by Crippen LogP contribution is -2.13. The van der Waals surface area contributed by atoms with E-state index < -0.39 is 5.91 Å². The number of nitrogens with zero attached hydrogens (tertiary/aromatic N) is 1. The highest BCUT2D eigenvalue weighted by Gasteiger charge is 2.11. The Bertz CT molecular complexity index is 581. The lowest BCUT2D eigenvalue weighted by molar-refractivity contribution is 0.102. The quantitative estimate of drug-likeness (QED) is 0.778. The van der Waals surface area contributed by atoms with Gasteiger partial charge in [-0.3, -0.25) is 4.79 Å². The third-order valence-electron chi connectivity index (χ3n) is 2.16. The first-order valence-corrected chi connectivity index (χ1v) is 5.39. The largest absolute Gasteiger partial charge is 0.508 e. The number of carbonyl (C=O) groups is 1. The number of nitrogens with one attached hydrogen (secondary N) is 1. The van der Waals surface area contributed by atoms with Gasteiger partial charge in [0.15, 0.2) is 5.82 Å². The van der Waals surface area contributed by atoms with Crippen molar-refractivity contribution in [3.63, 3.8) is 0 Å². The topological polar surface area (TPSA) is 82.5 Å². The summed E-state index contributed by atoms with van der Waals surface area (Å²) in [5, 5.41) is 21.3. The summed E-state index contributed by atoms with van der Waals surface area (Å²) in [6.07, 6.45) is 1.49. The second-order valence-corrected chi connectivity index (χ2v) is 3.93. The van der Waals surface area contributed by atoms with Gasteiger partial charge in [-0.2, -0.15) is 0 Å². The van der Waals surface area contributed by atoms with Crippen molar-refractivity contribution in [2.24, 2.45) is 0 Å². The van der Waals surface area contributed by atoms with Crippen LogP contribution in [0.2, 0.25) is 5.02 Å². The number of phenolic OH excluding ortho intramolecular Hbond substituents is 2. The number of anilines is 1. The van der Waals surface area contributed by atoms with Crippen LogP contribution in [0.4, 0.5) is 5.82 Å². The molecule has 1 aromatic heterocycles. The van der Waals surface area contributed by atoms with E-state index in [2.05, 4.69) is 10.3 Å². The number of amides is 1. The lowest BCUT2D eigenvalue weighted by Gasteiger charge is -2.06. The molecule has 92 valence electrons. The molecule has 1 heterocycles. The second-order valence-electron chi connectivity index (χ2n) is 3.53. The fourth-order valence-corrected chi connectivity index (χ4v) is 1.55. The van der Waals surface area contributed by atoms with E-state index in [4.69, 9.17) is 11.6 Å². The van der Waals surface area contributed by atoms with Gasteiger partial charge < -0.3 is 15.5 Å². The molecule has 0 aliphatic heterocycles. The minimum absolute atomic E-state index is 0.106. The highest BCUT2D eigenvalue weighted by Crippen LogP contribution is 2.22. The first-order chi connectivity index (χ1) is 8.56. The van der Waals surface area contributed by atoms with E-state index in [1.165, 1.54) is 18.3 Å². The van der Waals surface area contributed by atoms with Crippen LogP contribution in [-0.2, 0) is 0 Å². The number of hydrogen-bond acceptors (Lipinski definition) is 4. The van der Waals surface area contributed by atoms with Gasteiger partial charge in [-0.1, -0.05) is 11.6 Å². The average Bonchev–Trinajstić information content (AvgIpc) is 2.31. The summed E-state index contributed by atoms with van der Waals surface area (Å²) in [5.74, 6) is -0.715. The fourth-order valence-electron chi connectivity index (χ4n) is 1.38. The van der Waals surface area contributed by atoms with Gasteiger partial charge in [0.25, 0.3) is 5.91 Å². The van der Waals surface area contributed by atoms with Gasteiger partial charge in [-0.15, -0.1) is 0 Å². The molecule has 0 unspecified atom stereocenters. The maximum absolute atomic E-state index is 11.8. The molecule has 0 spiro atoms. The Hall–Kier alpha value is -2.27. The van der Waals surface area contributed by atoms with Crippen molar-refractivity contribution in [2.75, 3.05) is 5.32 Å². The van der Waals surface area contributed by atoms with Gasteiger partial charge in [0, 0.05) is 17.8 Å². The van der Waals surface area contributed by atoms with Crippen LogP contribution >= 0.6 is 11.6 Å². The summed E-state index contributed by atoms with van der Waals surface area (Å²) < 4.78 is 0. The van der Waals surface area contributed by atoms with E-state index in [0.29, 0.717) is 5.02 Å². The van der Waals surface area contributed by atoms with E-state index in [0.717, 1.165) is 6.07 Å². The molecule has 2 aromatic rings. The van der Waals surface area contributed by atoms with Gasteiger partial charge in [0.2, 0.25) is 0 Å². The molecule has 0 atom stereocenters. The molecule has 0 saturated carbocycles. The summed E-state index contributed by atoms with van der Waals surface area (Å²) in [4.78, 5) is 15.7. The summed E-state index contributed by atoms with van der Waals surface area (Å²) in [6, 6.07) is 6.81. The van der Waals surface area contributed by atoms with Gasteiger partial charge >= 0.3 is 0 Å². The van der Waals surface area contributed by atoms with Gasteiger partial charge in [0.1, 0.15) is 11.5 Å². The van der Waals surface area contributed by atoms with Crippen molar-refractivity contribution in [1.82, 2.24) is 4.98 Å². The smallest absolute Gasteiger partial charge is 0.257 e. The third-order valence-corrected chi connectivity index (χ3v) is 2.46. The van der Waals surface area contributed by atoms with E-state index >= 15 is 0 Å². The van der Waals surface area contributed by atoms with Gasteiger partial charge in [-0.25, -0.2) is 4.98 Å². The van der Waals surface area contributed by atoms with Crippen molar-refractivity contribution in [2.45, 2.75) is 0 Å². The zero-order valence-electron chi connectivity index (χ0n) is 9.09. The SMILES string of the molecule is O=C(Nc1ncccc1Cl)c1cc(O)cc(O)c1.